The van der Waals surface area contributed by atoms with Crippen LogP contribution in [0.15, 0.2) is 51.7 Å². The number of esters is 1. The monoisotopic (exact) mass is 331 g/mol. The van der Waals surface area contributed by atoms with Gasteiger partial charge in [0.2, 0.25) is 0 Å². The van der Waals surface area contributed by atoms with Gasteiger partial charge in [-0.3, -0.25) is 9.36 Å². The molecule has 0 spiro atoms. The topological polar surface area (TPSA) is 61.4 Å². The molecule has 2 aromatic carbocycles. The van der Waals surface area contributed by atoms with E-state index in [1.54, 1.807) is 12.1 Å². The summed E-state index contributed by atoms with van der Waals surface area (Å²) in [7, 11) is 0. The zero-order valence-corrected chi connectivity index (χ0v) is 13.2. The van der Waals surface area contributed by atoms with Crippen molar-refractivity contribution >= 4 is 28.7 Å². The molecule has 23 heavy (non-hydrogen) atoms. The number of fused-ring (bicyclic) bond motifs is 1. The molecule has 6 heteroatoms. The first-order chi connectivity index (χ1) is 11.0. The third-order valence-corrected chi connectivity index (χ3v) is 3.67. The maximum Gasteiger partial charge on any atom is 0.420 e. The van der Waals surface area contributed by atoms with Gasteiger partial charge in [0.15, 0.2) is 5.58 Å². The summed E-state index contributed by atoms with van der Waals surface area (Å²) in [5.74, 6) is -1.13. The summed E-state index contributed by atoms with van der Waals surface area (Å²) in [5, 5.41) is 0.459. The fraction of sp³-hybridized carbons (Fsp3) is 0.176. The first kappa shape index (κ1) is 15.4. The van der Waals surface area contributed by atoms with E-state index in [0.717, 1.165) is 11.1 Å². The Labute approximate surface area is 137 Å². The smallest absolute Gasteiger partial charge is 0.420 e. The van der Waals surface area contributed by atoms with Gasteiger partial charge in [0.25, 0.3) is 0 Å². The van der Waals surface area contributed by atoms with E-state index in [1.807, 2.05) is 31.2 Å². The SMILES string of the molecule is Cc1ccc(COC(=O)Cn2c(=O)oc3cc(Cl)ccc32)cc1. The molecule has 5 nitrogen and oxygen atoms in total. The average Bonchev–Trinajstić information content (AvgIpc) is 2.82. The molecule has 0 atom stereocenters. The summed E-state index contributed by atoms with van der Waals surface area (Å²) < 4.78 is 11.5. The Bertz CT molecular complexity index is 908. The summed E-state index contributed by atoms with van der Waals surface area (Å²) in [4.78, 5) is 23.8. The maximum atomic E-state index is 12.0. The highest BCUT2D eigenvalue weighted by Gasteiger charge is 2.14. The second-order valence-electron chi connectivity index (χ2n) is 5.21. The number of benzene rings is 2. The number of aryl methyl sites for hydroxylation is 1. The minimum absolute atomic E-state index is 0.162. The van der Waals surface area contributed by atoms with Gasteiger partial charge in [0.1, 0.15) is 13.2 Å². The number of ether oxygens (including phenoxy) is 1. The number of rotatable bonds is 4. The van der Waals surface area contributed by atoms with Crippen molar-refractivity contribution in [3.8, 4) is 0 Å². The van der Waals surface area contributed by atoms with E-state index in [0.29, 0.717) is 16.1 Å². The lowest BCUT2D eigenvalue weighted by Crippen LogP contribution is -2.21. The van der Waals surface area contributed by atoms with Gasteiger partial charge in [0, 0.05) is 11.1 Å². The minimum atomic E-state index is -0.616. The van der Waals surface area contributed by atoms with Crippen molar-refractivity contribution in [2.75, 3.05) is 0 Å². The van der Waals surface area contributed by atoms with Gasteiger partial charge in [-0.15, -0.1) is 0 Å². The summed E-state index contributed by atoms with van der Waals surface area (Å²) >= 11 is 5.85. The van der Waals surface area contributed by atoms with E-state index >= 15 is 0 Å². The lowest BCUT2D eigenvalue weighted by molar-refractivity contribution is -0.145. The van der Waals surface area contributed by atoms with Crippen LogP contribution in [0.25, 0.3) is 11.1 Å². The van der Waals surface area contributed by atoms with Crippen LogP contribution in [0.2, 0.25) is 5.02 Å². The zero-order chi connectivity index (χ0) is 16.4. The van der Waals surface area contributed by atoms with Gasteiger partial charge >= 0.3 is 11.7 Å². The quantitative estimate of drug-likeness (QED) is 0.688. The van der Waals surface area contributed by atoms with E-state index in [-0.39, 0.29) is 13.2 Å². The second-order valence-corrected chi connectivity index (χ2v) is 5.65. The van der Waals surface area contributed by atoms with E-state index in [4.69, 9.17) is 20.8 Å². The molecule has 0 aliphatic rings. The average molecular weight is 332 g/mol. The van der Waals surface area contributed by atoms with Crippen molar-refractivity contribution in [3.05, 3.63) is 69.2 Å². The molecule has 0 unspecified atom stereocenters. The predicted molar refractivity (Wildman–Crippen MR) is 86.5 cm³/mol. The van der Waals surface area contributed by atoms with Crippen LogP contribution < -0.4 is 5.76 Å². The maximum absolute atomic E-state index is 12.0. The van der Waals surface area contributed by atoms with Crippen LogP contribution in [0.5, 0.6) is 0 Å². The highest BCUT2D eigenvalue weighted by Crippen LogP contribution is 2.18. The number of halogens is 1. The number of hydrogen-bond donors (Lipinski definition) is 0. The molecule has 3 rings (SSSR count). The van der Waals surface area contributed by atoms with Crippen LogP contribution in [0.4, 0.5) is 0 Å². The fourth-order valence-corrected chi connectivity index (χ4v) is 2.37. The third kappa shape index (κ3) is 3.46. The van der Waals surface area contributed by atoms with Crippen molar-refractivity contribution in [2.24, 2.45) is 0 Å². The van der Waals surface area contributed by atoms with Gasteiger partial charge < -0.3 is 9.15 Å². The Kier molecular flexibility index (Phi) is 4.21. The molecule has 118 valence electrons. The summed E-state index contributed by atoms with van der Waals surface area (Å²) in [6, 6.07) is 12.5. The van der Waals surface area contributed by atoms with Crippen molar-refractivity contribution in [1.82, 2.24) is 4.57 Å². The number of aromatic nitrogens is 1. The fourth-order valence-electron chi connectivity index (χ4n) is 2.21. The Morgan fingerprint density at radius 1 is 1.22 bits per heavy atom. The molecule has 0 N–H and O–H groups in total. The third-order valence-electron chi connectivity index (χ3n) is 3.44. The molecule has 0 saturated heterocycles. The van der Waals surface area contributed by atoms with Crippen LogP contribution in [-0.4, -0.2) is 10.5 Å². The first-order valence-corrected chi connectivity index (χ1v) is 7.41. The molecule has 0 aliphatic heterocycles. The molecule has 0 saturated carbocycles. The largest absolute Gasteiger partial charge is 0.459 e. The van der Waals surface area contributed by atoms with Crippen LogP contribution in [-0.2, 0) is 22.7 Å². The van der Waals surface area contributed by atoms with E-state index < -0.39 is 11.7 Å². The van der Waals surface area contributed by atoms with Crippen molar-refractivity contribution < 1.29 is 13.9 Å². The van der Waals surface area contributed by atoms with Gasteiger partial charge in [-0.2, -0.15) is 0 Å². The summed E-state index contributed by atoms with van der Waals surface area (Å²) in [6.45, 7) is 1.94. The van der Waals surface area contributed by atoms with Crippen LogP contribution in [0, 0.1) is 6.92 Å². The van der Waals surface area contributed by atoms with Gasteiger partial charge in [-0.05, 0) is 24.6 Å². The Balaban J connectivity index is 1.71. The van der Waals surface area contributed by atoms with Crippen LogP contribution in [0.3, 0.4) is 0 Å². The number of nitrogens with zero attached hydrogens (tertiary/aromatic N) is 1. The van der Waals surface area contributed by atoms with E-state index in [2.05, 4.69) is 0 Å². The zero-order valence-electron chi connectivity index (χ0n) is 12.4. The Hall–Kier alpha value is -2.53. The highest BCUT2D eigenvalue weighted by atomic mass is 35.5. The lowest BCUT2D eigenvalue weighted by atomic mass is 10.2. The minimum Gasteiger partial charge on any atom is -0.459 e. The van der Waals surface area contributed by atoms with E-state index in [1.165, 1.54) is 10.6 Å². The molecule has 0 bridgehead atoms. The van der Waals surface area contributed by atoms with Crippen molar-refractivity contribution in [3.63, 3.8) is 0 Å². The van der Waals surface area contributed by atoms with Crippen molar-refractivity contribution in [1.29, 1.82) is 0 Å². The second kappa shape index (κ2) is 6.30. The Morgan fingerprint density at radius 3 is 2.70 bits per heavy atom. The van der Waals surface area contributed by atoms with Gasteiger partial charge in [-0.1, -0.05) is 41.4 Å². The molecule has 0 aliphatic carbocycles. The summed E-state index contributed by atoms with van der Waals surface area (Å²) in [5.41, 5.74) is 2.87. The lowest BCUT2D eigenvalue weighted by Gasteiger charge is -2.06. The standard InChI is InChI=1S/C17H14ClNO4/c1-11-2-4-12(5-3-11)10-22-16(20)9-19-14-7-6-13(18)8-15(14)23-17(19)21/h2-8H,9-10H2,1H3. The molecular formula is C17H14ClNO4. The van der Waals surface area contributed by atoms with Crippen LogP contribution in [0.1, 0.15) is 11.1 Å². The number of carbonyl (C=O) groups excluding carboxylic acids is 1. The molecule has 1 heterocycles. The molecular weight excluding hydrogens is 318 g/mol. The number of carbonyl (C=O) groups is 1. The summed E-state index contributed by atoms with van der Waals surface area (Å²) in [6.07, 6.45) is 0. The number of oxazole rings is 1. The van der Waals surface area contributed by atoms with Crippen molar-refractivity contribution in [2.45, 2.75) is 20.1 Å². The number of hydrogen-bond acceptors (Lipinski definition) is 4. The molecule has 0 fully saturated rings. The first-order valence-electron chi connectivity index (χ1n) is 7.03. The van der Waals surface area contributed by atoms with Gasteiger partial charge in [0.05, 0.1) is 5.52 Å². The predicted octanol–water partition coefficient (Wildman–Crippen LogP) is 3.30. The van der Waals surface area contributed by atoms with Crippen LogP contribution >= 0.6 is 11.6 Å². The molecule has 0 radical (unpaired) electrons. The molecule has 3 aromatic rings. The highest BCUT2D eigenvalue weighted by molar-refractivity contribution is 6.31. The normalized spacial score (nSPS) is 10.9. The van der Waals surface area contributed by atoms with Gasteiger partial charge in [-0.25, -0.2) is 4.79 Å². The molecule has 1 aromatic heterocycles. The van der Waals surface area contributed by atoms with E-state index in [9.17, 15) is 9.59 Å². The molecule has 0 amide bonds. The Morgan fingerprint density at radius 2 is 1.96 bits per heavy atom.